The molecule has 1 heterocycles. The summed E-state index contributed by atoms with van der Waals surface area (Å²) in [5.74, 6) is 7.54. The van der Waals surface area contributed by atoms with Gasteiger partial charge >= 0.3 is 0 Å². The smallest absolute Gasteiger partial charge is 0.227 e. The molecule has 6 heteroatoms. The molecule has 0 saturated heterocycles. The minimum atomic E-state index is 0.199. The highest BCUT2D eigenvalue weighted by atomic mass is 127. The summed E-state index contributed by atoms with van der Waals surface area (Å²) in [6.45, 7) is 4.09. The molecule has 0 aliphatic rings. The lowest BCUT2D eigenvalue weighted by atomic mass is 10.1. The van der Waals surface area contributed by atoms with Crippen LogP contribution in [0.25, 0.3) is 0 Å². The van der Waals surface area contributed by atoms with E-state index in [-0.39, 0.29) is 5.92 Å². The number of anilines is 1. The molecular weight excluding hydrogens is 355 g/mol. The number of nitrogens with zero attached hydrogens (tertiary/aromatic N) is 2. The van der Waals surface area contributed by atoms with Gasteiger partial charge < -0.3 is 10.2 Å². The molecule has 1 aromatic heterocycles. The third-order valence-electron chi connectivity index (χ3n) is 2.57. The van der Waals surface area contributed by atoms with Crippen LogP contribution in [0.15, 0.2) is 30.6 Å². The van der Waals surface area contributed by atoms with Gasteiger partial charge in [0.25, 0.3) is 0 Å². The number of ether oxygens (including phenoxy) is 1. The lowest BCUT2D eigenvalue weighted by Crippen LogP contribution is -2.13. The minimum Gasteiger partial charge on any atom is -0.438 e. The van der Waals surface area contributed by atoms with Gasteiger partial charge in [-0.05, 0) is 46.7 Å². The standard InChI is InChI=1S/C13H15IN4O/c1-8(2)11-12(18-15)16-7-17-13(11)19-10-5-3-4-9(14)6-10/h3-8H,15H2,1-2H3,(H,16,17,18). The van der Waals surface area contributed by atoms with Crippen LogP contribution in [0.1, 0.15) is 25.3 Å². The van der Waals surface area contributed by atoms with Crippen LogP contribution in [0, 0.1) is 3.57 Å². The summed E-state index contributed by atoms with van der Waals surface area (Å²) in [5.41, 5.74) is 3.45. The summed E-state index contributed by atoms with van der Waals surface area (Å²) in [4.78, 5) is 8.31. The molecule has 2 aromatic rings. The van der Waals surface area contributed by atoms with Crippen LogP contribution >= 0.6 is 22.6 Å². The van der Waals surface area contributed by atoms with Gasteiger partial charge in [0.05, 0.1) is 5.56 Å². The van der Waals surface area contributed by atoms with Crippen LogP contribution < -0.4 is 16.0 Å². The van der Waals surface area contributed by atoms with E-state index in [9.17, 15) is 0 Å². The molecule has 0 fully saturated rings. The Bertz CT molecular complexity index is 574. The van der Waals surface area contributed by atoms with Crippen molar-refractivity contribution in [1.29, 1.82) is 0 Å². The predicted molar refractivity (Wildman–Crippen MR) is 83.2 cm³/mol. The van der Waals surface area contributed by atoms with Gasteiger partial charge in [-0.25, -0.2) is 15.8 Å². The van der Waals surface area contributed by atoms with Gasteiger partial charge in [-0.1, -0.05) is 19.9 Å². The highest BCUT2D eigenvalue weighted by Gasteiger charge is 2.16. The average molecular weight is 370 g/mol. The Morgan fingerprint density at radius 1 is 1.32 bits per heavy atom. The first kappa shape index (κ1) is 14.0. The van der Waals surface area contributed by atoms with E-state index in [0.29, 0.717) is 11.7 Å². The summed E-state index contributed by atoms with van der Waals surface area (Å²) in [5, 5.41) is 0. The van der Waals surface area contributed by atoms with Crippen molar-refractivity contribution in [1.82, 2.24) is 9.97 Å². The van der Waals surface area contributed by atoms with Gasteiger partial charge in [0, 0.05) is 3.57 Å². The Hall–Kier alpha value is -1.41. The van der Waals surface area contributed by atoms with E-state index in [1.54, 1.807) is 0 Å². The second-order valence-corrected chi connectivity index (χ2v) is 5.55. The maximum Gasteiger partial charge on any atom is 0.227 e. The Morgan fingerprint density at radius 3 is 2.74 bits per heavy atom. The van der Waals surface area contributed by atoms with E-state index in [4.69, 9.17) is 10.6 Å². The van der Waals surface area contributed by atoms with Crippen molar-refractivity contribution in [3.8, 4) is 11.6 Å². The van der Waals surface area contributed by atoms with Crippen molar-refractivity contribution in [3.63, 3.8) is 0 Å². The van der Waals surface area contributed by atoms with Crippen LogP contribution in [0.4, 0.5) is 5.82 Å². The molecule has 0 aliphatic carbocycles. The molecule has 0 aliphatic heterocycles. The molecule has 2 rings (SSSR count). The van der Waals surface area contributed by atoms with E-state index in [2.05, 4.69) is 38.0 Å². The normalized spacial score (nSPS) is 10.6. The topological polar surface area (TPSA) is 73.1 Å². The zero-order valence-corrected chi connectivity index (χ0v) is 12.9. The van der Waals surface area contributed by atoms with Gasteiger partial charge in [-0.3, -0.25) is 0 Å². The van der Waals surface area contributed by atoms with Crippen molar-refractivity contribution >= 4 is 28.4 Å². The fourth-order valence-corrected chi connectivity index (χ4v) is 2.25. The number of nitrogens with one attached hydrogen (secondary N) is 1. The lowest BCUT2D eigenvalue weighted by Gasteiger charge is -2.15. The number of nitrogen functional groups attached to an aromatic ring is 1. The lowest BCUT2D eigenvalue weighted by molar-refractivity contribution is 0.451. The second-order valence-electron chi connectivity index (χ2n) is 4.30. The summed E-state index contributed by atoms with van der Waals surface area (Å²) in [6.07, 6.45) is 1.43. The van der Waals surface area contributed by atoms with E-state index < -0.39 is 0 Å². The van der Waals surface area contributed by atoms with Gasteiger partial charge in [0.1, 0.15) is 12.1 Å². The first-order chi connectivity index (χ1) is 9.11. The van der Waals surface area contributed by atoms with Crippen LogP contribution in [0.2, 0.25) is 0 Å². The number of rotatable bonds is 4. The van der Waals surface area contributed by atoms with E-state index in [0.717, 1.165) is 14.9 Å². The second kappa shape index (κ2) is 6.16. The molecule has 0 bridgehead atoms. The number of halogens is 1. The summed E-state index contributed by atoms with van der Waals surface area (Å²) < 4.78 is 6.95. The Morgan fingerprint density at radius 2 is 2.11 bits per heavy atom. The van der Waals surface area contributed by atoms with Gasteiger partial charge in [-0.2, -0.15) is 0 Å². The van der Waals surface area contributed by atoms with Crippen LogP contribution in [-0.2, 0) is 0 Å². The number of nitrogens with two attached hydrogens (primary N) is 1. The zero-order valence-electron chi connectivity index (χ0n) is 10.7. The number of benzene rings is 1. The Kier molecular flexibility index (Phi) is 4.54. The summed E-state index contributed by atoms with van der Waals surface area (Å²) in [7, 11) is 0. The van der Waals surface area contributed by atoms with Gasteiger partial charge in [-0.15, -0.1) is 0 Å². The van der Waals surface area contributed by atoms with Gasteiger partial charge in [0.15, 0.2) is 5.82 Å². The maximum atomic E-state index is 5.84. The predicted octanol–water partition coefficient (Wildman–Crippen LogP) is 3.28. The maximum absolute atomic E-state index is 5.84. The van der Waals surface area contributed by atoms with Crippen LogP contribution in [0.3, 0.4) is 0 Å². The molecule has 0 amide bonds. The Labute approximate surface area is 125 Å². The number of hydrazine groups is 1. The molecule has 5 nitrogen and oxygen atoms in total. The highest BCUT2D eigenvalue weighted by molar-refractivity contribution is 14.1. The first-order valence-electron chi connectivity index (χ1n) is 5.86. The molecule has 100 valence electrons. The minimum absolute atomic E-state index is 0.199. The number of hydrogen-bond donors (Lipinski definition) is 2. The van der Waals surface area contributed by atoms with Crippen molar-refractivity contribution in [2.75, 3.05) is 5.43 Å². The largest absolute Gasteiger partial charge is 0.438 e. The Balaban J connectivity index is 2.39. The average Bonchev–Trinajstić information content (AvgIpc) is 2.38. The third-order valence-corrected chi connectivity index (χ3v) is 3.24. The van der Waals surface area contributed by atoms with Crippen molar-refractivity contribution < 1.29 is 4.74 Å². The third kappa shape index (κ3) is 3.32. The fraction of sp³-hybridized carbons (Fsp3) is 0.231. The number of hydrogen-bond acceptors (Lipinski definition) is 5. The van der Waals surface area contributed by atoms with Crippen molar-refractivity contribution in [2.45, 2.75) is 19.8 Å². The van der Waals surface area contributed by atoms with Gasteiger partial charge in [0.2, 0.25) is 5.88 Å². The quantitative estimate of drug-likeness (QED) is 0.491. The highest BCUT2D eigenvalue weighted by Crippen LogP contribution is 2.32. The first-order valence-corrected chi connectivity index (χ1v) is 6.94. The zero-order chi connectivity index (χ0) is 13.8. The molecule has 19 heavy (non-hydrogen) atoms. The van der Waals surface area contributed by atoms with Crippen LogP contribution in [-0.4, -0.2) is 9.97 Å². The summed E-state index contributed by atoms with van der Waals surface area (Å²) >= 11 is 2.24. The van der Waals surface area contributed by atoms with Crippen molar-refractivity contribution in [2.24, 2.45) is 5.84 Å². The summed E-state index contributed by atoms with van der Waals surface area (Å²) in [6, 6.07) is 7.78. The molecule has 0 atom stereocenters. The van der Waals surface area contributed by atoms with Crippen molar-refractivity contribution in [3.05, 3.63) is 39.7 Å². The van der Waals surface area contributed by atoms with E-state index >= 15 is 0 Å². The number of aromatic nitrogens is 2. The fourth-order valence-electron chi connectivity index (χ4n) is 1.74. The van der Waals surface area contributed by atoms with Crippen LogP contribution in [0.5, 0.6) is 11.6 Å². The molecule has 3 N–H and O–H groups in total. The van der Waals surface area contributed by atoms with E-state index in [1.807, 2.05) is 38.1 Å². The molecule has 0 unspecified atom stereocenters. The molecule has 0 spiro atoms. The van der Waals surface area contributed by atoms with E-state index in [1.165, 1.54) is 6.33 Å². The molecule has 0 saturated carbocycles. The molecular formula is C13H15IN4O. The monoisotopic (exact) mass is 370 g/mol. The molecule has 1 aromatic carbocycles. The molecule has 0 radical (unpaired) electrons. The SMILES string of the molecule is CC(C)c1c(NN)ncnc1Oc1cccc(I)c1.